The van der Waals surface area contributed by atoms with Crippen LogP contribution in [0.15, 0.2) is 82.6 Å². The van der Waals surface area contributed by atoms with Gasteiger partial charge < -0.3 is 5.32 Å². The lowest BCUT2D eigenvalue weighted by atomic mass is 10.1. The van der Waals surface area contributed by atoms with Gasteiger partial charge in [0.15, 0.2) is 0 Å². The van der Waals surface area contributed by atoms with E-state index in [9.17, 15) is 22.8 Å². The van der Waals surface area contributed by atoms with Crippen LogP contribution in [0.3, 0.4) is 0 Å². The monoisotopic (exact) mass is 482 g/mol. The highest BCUT2D eigenvalue weighted by Gasteiger charge is 2.31. The van der Waals surface area contributed by atoms with Gasteiger partial charge in [0.2, 0.25) is 5.91 Å². The lowest BCUT2D eigenvalue weighted by Crippen LogP contribution is -2.42. The van der Waals surface area contributed by atoms with Crippen molar-refractivity contribution in [3.63, 3.8) is 0 Å². The number of nitrogens with zero attached hydrogens (tertiary/aromatic N) is 1. The minimum absolute atomic E-state index is 0.174. The summed E-state index contributed by atoms with van der Waals surface area (Å²) in [6.45, 7) is 2.15. The summed E-state index contributed by atoms with van der Waals surface area (Å²) < 4.78 is 38.5. The van der Waals surface area contributed by atoms with Gasteiger partial charge in [-0.1, -0.05) is 65.9 Å². The number of nitrogens with one attached hydrogen (secondary N) is 1. The molecule has 3 aromatic rings. The standard InChI is InChI=1S/C26H21F3N2O2S/c1-17-6-8-19(9-7-17)15-30-24(32)16-31-21-4-2-3-5-22(21)34-23(25(31)33)14-18-10-12-20(13-11-18)26(27,28)29/h2-14H,15-16H2,1H3,(H,30,32). The molecule has 1 heterocycles. The topological polar surface area (TPSA) is 49.4 Å². The number of halogens is 3. The van der Waals surface area contributed by atoms with Crippen molar-refractivity contribution >= 4 is 35.3 Å². The van der Waals surface area contributed by atoms with Crippen LogP contribution in [0.2, 0.25) is 0 Å². The largest absolute Gasteiger partial charge is 0.416 e. The van der Waals surface area contributed by atoms with E-state index < -0.39 is 11.7 Å². The summed E-state index contributed by atoms with van der Waals surface area (Å²) in [4.78, 5) is 28.4. The first-order valence-corrected chi connectivity index (χ1v) is 11.3. The highest BCUT2D eigenvalue weighted by atomic mass is 32.2. The Balaban J connectivity index is 1.53. The Kier molecular flexibility index (Phi) is 6.79. The van der Waals surface area contributed by atoms with E-state index >= 15 is 0 Å². The summed E-state index contributed by atoms with van der Waals surface area (Å²) in [5.74, 6) is -0.696. The molecular weight excluding hydrogens is 461 g/mol. The third kappa shape index (κ3) is 5.51. The number of para-hydroxylation sites is 1. The molecule has 0 bridgehead atoms. The summed E-state index contributed by atoms with van der Waals surface area (Å²) in [7, 11) is 0. The van der Waals surface area contributed by atoms with Gasteiger partial charge in [0, 0.05) is 11.4 Å². The van der Waals surface area contributed by atoms with Crippen LogP contribution < -0.4 is 10.2 Å². The molecule has 4 nitrogen and oxygen atoms in total. The van der Waals surface area contributed by atoms with E-state index in [1.54, 1.807) is 18.2 Å². The van der Waals surface area contributed by atoms with Gasteiger partial charge in [0.05, 0.1) is 16.2 Å². The molecule has 0 spiro atoms. The average Bonchev–Trinajstić information content (AvgIpc) is 2.81. The van der Waals surface area contributed by atoms with E-state index in [0.29, 0.717) is 22.7 Å². The molecule has 0 aliphatic carbocycles. The molecular formula is C26H21F3N2O2S. The molecule has 174 valence electrons. The molecule has 0 saturated carbocycles. The first kappa shape index (κ1) is 23.6. The van der Waals surface area contributed by atoms with Gasteiger partial charge in [-0.2, -0.15) is 13.2 Å². The Bertz CT molecular complexity index is 1240. The number of carbonyl (C=O) groups is 2. The van der Waals surface area contributed by atoms with Crippen LogP contribution >= 0.6 is 11.8 Å². The third-order valence-electron chi connectivity index (χ3n) is 5.28. The molecule has 0 fully saturated rings. The number of hydrogen-bond acceptors (Lipinski definition) is 3. The molecule has 0 atom stereocenters. The molecule has 4 rings (SSSR count). The quantitative estimate of drug-likeness (QED) is 0.467. The van der Waals surface area contributed by atoms with Crippen molar-refractivity contribution in [1.82, 2.24) is 5.32 Å². The highest BCUT2D eigenvalue weighted by molar-refractivity contribution is 8.04. The van der Waals surface area contributed by atoms with E-state index in [-0.39, 0.29) is 18.4 Å². The van der Waals surface area contributed by atoms with Crippen molar-refractivity contribution in [1.29, 1.82) is 0 Å². The predicted octanol–water partition coefficient (Wildman–Crippen LogP) is 5.81. The van der Waals surface area contributed by atoms with E-state index in [1.807, 2.05) is 43.3 Å². The number of amides is 2. The van der Waals surface area contributed by atoms with Crippen LogP contribution in [0.4, 0.5) is 18.9 Å². The molecule has 34 heavy (non-hydrogen) atoms. The Hall–Kier alpha value is -3.52. The molecule has 0 radical (unpaired) electrons. The number of anilines is 1. The van der Waals surface area contributed by atoms with Crippen molar-refractivity contribution in [2.75, 3.05) is 11.4 Å². The van der Waals surface area contributed by atoms with Crippen molar-refractivity contribution in [2.24, 2.45) is 0 Å². The SMILES string of the molecule is Cc1ccc(CNC(=O)CN2C(=O)C(=Cc3ccc(C(F)(F)F)cc3)Sc3ccccc32)cc1. The fourth-order valence-corrected chi connectivity index (χ4v) is 4.50. The maximum Gasteiger partial charge on any atom is 0.416 e. The summed E-state index contributed by atoms with van der Waals surface area (Å²) in [5, 5.41) is 2.84. The molecule has 1 N–H and O–H groups in total. The van der Waals surface area contributed by atoms with E-state index in [1.165, 1.54) is 28.8 Å². The van der Waals surface area contributed by atoms with Gasteiger partial charge in [-0.15, -0.1) is 0 Å². The van der Waals surface area contributed by atoms with Crippen molar-refractivity contribution in [3.8, 4) is 0 Å². The van der Waals surface area contributed by atoms with Crippen LogP contribution in [-0.2, 0) is 22.3 Å². The summed E-state index contributed by atoms with van der Waals surface area (Å²) in [6.07, 6.45) is -2.89. The Morgan fingerprint density at radius 2 is 1.68 bits per heavy atom. The Morgan fingerprint density at radius 1 is 1.00 bits per heavy atom. The van der Waals surface area contributed by atoms with Crippen LogP contribution in [0.25, 0.3) is 6.08 Å². The zero-order valence-corrected chi connectivity index (χ0v) is 19.0. The first-order chi connectivity index (χ1) is 16.2. The Morgan fingerprint density at radius 3 is 2.35 bits per heavy atom. The number of carbonyl (C=O) groups excluding carboxylic acids is 2. The smallest absolute Gasteiger partial charge is 0.350 e. The van der Waals surface area contributed by atoms with Gasteiger partial charge in [-0.25, -0.2) is 0 Å². The molecule has 0 saturated heterocycles. The molecule has 2 amide bonds. The number of alkyl halides is 3. The van der Waals surface area contributed by atoms with Gasteiger partial charge in [0.1, 0.15) is 6.54 Å². The molecule has 8 heteroatoms. The normalized spacial score (nSPS) is 14.8. The lowest BCUT2D eigenvalue weighted by molar-refractivity contribution is -0.137. The zero-order chi connectivity index (χ0) is 24.3. The molecule has 0 aromatic heterocycles. The Labute approximate surface area is 199 Å². The van der Waals surface area contributed by atoms with Gasteiger partial charge in [0.25, 0.3) is 5.91 Å². The minimum atomic E-state index is -4.43. The maximum atomic E-state index is 13.2. The summed E-state index contributed by atoms with van der Waals surface area (Å²) in [5.41, 5.74) is 2.40. The molecule has 3 aromatic carbocycles. The van der Waals surface area contributed by atoms with Crippen LogP contribution in [0.5, 0.6) is 0 Å². The number of hydrogen-bond donors (Lipinski definition) is 1. The maximum absolute atomic E-state index is 13.2. The molecule has 1 aliphatic rings. The van der Waals surface area contributed by atoms with E-state index in [2.05, 4.69) is 5.32 Å². The number of aryl methyl sites for hydroxylation is 1. The van der Waals surface area contributed by atoms with Gasteiger partial charge in [-0.05, 0) is 48.4 Å². The number of rotatable bonds is 5. The van der Waals surface area contributed by atoms with E-state index in [0.717, 1.165) is 28.2 Å². The second-order valence-corrected chi connectivity index (χ2v) is 8.94. The first-order valence-electron chi connectivity index (χ1n) is 10.5. The van der Waals surface area contributed by atoms with Crippen LogP contribution in [0.1, 0.15) is 22.3 Å². The fraction of sp³-hybridized carbons (Fsp3) is 0.154. The van der Waals surface area contributed by atoms with Crippen molar-refractivity contribution in [3.05, 3.63) is 100.0 Å². The molecule has 0 unspecified atom stereocenters. The van der Waals surface area contributed by atoms with Gasteiger partial charge >= 0.3 is 6.18 Å². The zero-order valence-electron chi connectivity index (χ0n) is 18.2. The fourth-order valence-electron chi connectivity index (χ4n) is 3.44. The second-order valence-electron chi connectivity index (χ2n) is 7.85. The number of benzene rings is 3. The van der Waals surface area contributed by atoms with Gasteiger partial charge in [-0.3, -0.25) is 14.5 Å². The predicted molar refractivity (Wildman–Crippen MR) is 127 cm³/mol. The van der Waals surface area contributed by atoms with Crippen molar-refractivity contribution < 1.29 is 22.8 Å². The highest BCUT2D eigenvalue weighted by Crippen LogP contribution is 2.42. The van der Waals surface area contributed by atoms with E-state index in [4.69, 9.17) is 0 Å². The number of fused-ring (bicyclic) bond motifs is 1. The third-order valence-corrected chi connectivity index (χ3v) is 6.36. The average molecular weight is 483 g/mol. The van der Waals surface area contributed by atoms with Crippen LogP contribution in [0, 0.1) is 6.92 Å². The lowest BCUT2D eigenvalue weighted by Gasteiger charge is -2.29. The minimum Gasteiger partial charge on any atom is -0.350 e. The number of thioether (sulfide) groups is 1. The molecule has 1 aliphatic heterocycles. The second kappa shape index (κ2) is 9.77. The van der Waals surface area contributed by atoms with Crippen LogP contribution in [-0.4, -0.2) is 18.4 Å². The van der Waals surface area contributed by atoms with Crippen molar-refractivity contribution in [2.45, 2.75) is 24.5 Å². The summed E-state index contributed by atoms with van der Waals surface area (Å²) in [6, 6.07) is 19.6. The summed E-state index contributed by atoms with van der Waals surface area (Å²) >= 11 is 1.23.